The Balaban J connectivity index is 0. The molecule has 0 heterocycles. The number of rotatable bonds is 8. The summed E-state index contributed by atoms with van der Waals surface area (Å²) in [4.78, 5) is 0. The molecule has 0 saturated heterocycles. The molecule has 102 valence electrons. The molecule has 0 aromatic heterocycles. The van der Waals surface area contributed by atoms with Crippen LogP contribution < -0.4 is 17.0 Å². The van der Waals surface area contributed by atoms with Crippen molar-refractivity contribution in [2.45, 2.75) is 13.8 Å². The van der Waals surface area contributed by atoms with Crippen LogP contribution in [0.5, 0.6) is 0 Å². The first-order valence-corrected chi connectivity index (χ1v) is 7.25. The zero-order chi connectivity index (χ0) is 12.7. The Bertz CT molecular complexity index is 279. The van der Waals surface area contributed by atoms with Gasteiger partial charge >= 0.3 is 7.60 Å². The minimum Gasteiger partial charge on any atom is -1.00 e. The third kappa shape index (κ3) is 8.82. The van der Waals surface area contributed by atoms with Crippen molar-refractivity contribution in [3.8, 4) is 12.3 Å². The highest BCUT2D eigenvalue weighted by Crippen LogP contribution is 2.47. The Morgan fingerprint density at radius 3 is 2.06 bits per heavy atom. The van der Waals surface area contributed by atoms with Crippen LogP contribution in [0.2, 0.25) is 0 Å². The molecule has 0 N–H and O–H groups in total. The number of nitrogens with zero attached hydrogens (tertiary/aromatic N) is 1. The lowest BCUT2D eigenvalue weighted by atomic mass is 10.4. The van der Waals surface area contributed by atoms with Gasteiger partial charge in [0.2, 0.25) is 0 Å². The molecule has 0 aromatic carbocycles. The van der Waals surface area contributed by atoms with E-state index in [2.05, 4.69) is 5.92 Å². The fraction of sp³-hybridized carbons (Fsp3) is 0.818. The highest BCUT2D eigenvalue weighted by molar-refractivity contribution is 7.53. The third-order valence-electron chi connectivity index (χ3n) is 2.15. The number of hydrogen-bond donors (Lipinski definition) is 0. The summed E-state index contributed by atoms with van der Waals surface area (Å²) >= 11 is 0. The zero-order valence-electron chi connectivity index (χ0n) is 11.1. The van der Waals surface area contributed by atoms with E-state index in [1.807, 2.05) is 27.9 Å². The average molecular weight is 328 g/mol. The molecule has 0 radical (unpaired) electrons. The van der Waals surface area contributed by atoms with Gasteiger partial charge in [0.05, 0.1) is 40.0 Å². The molecule has 4 nitrogen and oxygen atoms in total. The van der Waals surface area contributed by atoms with Crippen molar-refractivity contribution in [3.05, 3.63) is 0 Å². The van der Waals surface area contributed by atoms with Gasteiger partial charge in [-0.1, -0.05) is 0 Å². The van der Waals surface area contributed by atoms with Gasteiger partial charge in [-0.3, -0.25) is 4.57 Å². The molecule has 0 fully saturated rings. The summed E-state index contributed by atoms with van der Waals surface area (Å²) in [6, 6.07) is 0. The molecule has 6 heteroatoms. The molecule has 0 saturated carbocycles. The van der Waals surface area contributed by atoms with Crippen molar-refractivity contribution in [1.82, 2.24) is 0 Å². The topological polar surface area (TPSA) is 35.5 Å². The molecule has 0 aliphatic carbocycles. The van der Waals surface area contributed by atoms with Crippen molar-refractivity contribution in [2.24, 2.45) is 0 Å². The zero-order valence-corrected chi connectivity index (χ0v) is 13.6. The second-order valence-electron chi connectivity index (χ2n) is 4.19. The predicted molar refractivity (Wildman–Crippen MR) is 66.4 cm³/mol. The Hall–Kier alpha value is 0.150. The Kier molecular flexibility index (Phi) is 10.5. The van der Waals surface area contributed by atoms with Crippen LogP contribution in [0.25, 0.3) is 0 Å². The van der Waals surface area contributed by atoms with Gasteiger partial charge in [0.15, 0.2) is 0 Å². The van der Waals surface area contributed by atoms with Crippen molar-refractivity contribution < 1.29 is 35.1 Å². The monoisotopic (exact) mass is 327 g/mol. The van der Waals surface area contributed by atoms with E-state index in [4.69, 9.17) is 15.5 Å². The summed E-state index contributed by atoms with van der Waals surface area (Å²) in [5.41, 5.74) is 0. The number of terminal acetylenes is 1. The lowest BCUT2D eigenvalue weighted by Crippen LogP contribution is -3.00. The van der Waals surface area contributed by atoms with E-state index in [0.717, 1.165) is 0 Å². The van der Waals surface area contributed by atoms with Crippen molar-refractivity contribution in [3.63, 3.8) is 0 Å². The minimum absolute atomic E-state index is 0. The summed E-state index contributed by atoms with van der Waals surface area (Å²) in [5.74, 6) is 2.61. The first-order valence-electron chi connectivity index (χ1n) is 5.52. The first kappa shape index (κ1) is 19.5. The standard InChI is InChI=1S/C11H23NO3P.BrH/c1-6-9-12(4,5)10-11-16(13,14-7-2)15-8-3;/h1H,7-11H2,2-5H3;1H/q+1;/p-1. The number of quaternary nitrogens is 1. The summed E-state index contributed by atoms with van der Waals surface area (Å²) in [7, 11) is 1.08. The molecule has 0 spiro atoms. The quantitative estimate of drug-likeness (QED) is 0.325. The third-order valence-corrected chi connectivity index (χ3v) is 4.20. The molecule has 0 unspecified atom stereocenters. The van der Waals surface area contributed by atoms with E-state index in [1.165, 1.54) is 0 Å². The van der Waals surface area contributed by atoms with Crippen LogP contribution in [0, 0.1) is 12.3 Å². The summed E-state index contributed by atoms with van der Waals surface area (Å²) < 4.78 is 23.2. The molecular weight excluding hydrogens is 305 g/mol. The molecule has 0 aliphatic rings. The molecule has 0 bridgehead atoms. The second-order valence-corrected chi connectivity index (χ2v) is 6.38. The van der Waals surface area contributed by atoms with E-state index < -0.39 is 7.60 Å². The van der Waals surface area contributed by atoms with Crippen LogP contribution in [0.4, 0.5) is 0 Å². The Morgan fingerprint density at radius 2 is 1.71 bits per heavy atom. The van der Waals surface area contributed by atoms with Crippen molar-refractivity contribution in [2.75, 3.05) is 46.6 Å². The first-order chi connectivity index (χ1) is 7.39. The minimum atomic E-state index is -2.92. The lowest BCUT2D eigenvalue weighted by Gasteiger charge is -2.28. The summed E-state index contributed by atoms with van der Waals surface area (Å²) in [6.07, 6.45) is 5.68. The average Bonchev–Trinajstić information content (AvgIpc) is 2.16. The second kappa shape index (κ2) is 9.13. The smallest absolute Gasteiger partial charge is 0.336 e. The van der Waals surface area contributed by atoms with Gasteiger partial charge in [-0.15, -0.1) is 6.42 Å². The molecule has 0 atom stereocenters. The summed E-state index contributed by atoms with van der Waals surface area (Å²) in [5, 5.41) is 0. The molecular formula is C11H23BrNO3P. The maximum atomic E-state index is 12.2. The van der Waals surface area contributed by atoms with Crippen LogP contribution in [0.1, 0.15) is 13.8 Å². The maximum Gasteiger partial charge on any atom is 0.336 e. The lowest BCUT2D eigenvalue weighted by molar-refractivity contribution is -0.880. The van der Waals surface area contributed by atoms with E-state index in [1.54, 1.807) is 0 Å². The van der Waals surface area contributed by atoms with Crippen LogP contribution in [-0.2, 0) is 13.6 Å². The van der Waals surface area contributed by atoms with E-state index in [-0.39, 0.29) is 17.0 Å². The van der Waals surface area contributed by atoms with Crippen molar-refractivity contribution in [1.29, 1.82) is 0 Å². The van der Waals surface area contributed by atoms with Crippen molar-refractivity contribution >= 4 is 7.60 Å². The Labute approximate surface area is 116 Å². The fourth-order valence-corrected chi connectivity index (χ4v) is 3.19. The van der Waals surface area contributed by atoms with Gasteiger partial charge in [-0.25, -0.2) is 0 Å². The van der Waals surface area contributed by atoms with Crippen LogP contribution in [0.15, 0.2) is 0 Å². The van der Waals surface area contributed by atoms with Gasteiger partial charge in [-0.05, 0) is 19.8 Å². The van der Waals surface area contributed by atoms with E-state index in [0.29, 0.717) is 36.9 Å². The molecule has 0 aliphatic heterocycles. The van der Waals surface area contributed by atoms with Gasteiger partial charge in [0.25, 0.3) is 0 Å². The van der Waals surface area contributed by atoms with Crippen LogP contribution >= 0.6 is 7.60 Å². The summed E-state index contributed by atoms with van der Waals surface area (Å²) in [6.45, 7) is 5.72. The van der Waals surface area contributed by atoms with Gasteiger partial charge in [-0.2, -0.15) is 0 Å². The molecule has 0 amide bonds. The maximum absolute atomic E-state index is 12.2. The number of halogens is 1. The molecule has 17 heavy (non-hydrogen) atoms. The Morgan fingerprint density at radius 1 is 1.24 bits per heavy atom. The molecule has 0 rings (SSSR count). The van der Waals surface area contributed by atoms with Gasteiger partial charge in [0.1, 0.15) is 6.54 Å². The van der Waals surface area contributed by atoms with Gasteiger partial charge < -0.3 is 30.5 Å². The SMILES string of the molecule is C#CC[N+](C)(C)CCP(=O)(OCC)OCC.[Br-]. The largest absolute Gasteiger partial charge is 1.00 e. The van der Waals surface area contributed by atoms with Crippen LogP contribution in [0.3, 0.4) is 0 Å². The van der Waals surface area contributed by atoms with Gasteiger partial charge in [0, 0.05) is 0 Å². The predicted octanol–water partition coefficient (Wildman–Crippen LogP) is -1.03. The van der Waals surface area contributed by atoms with Crippen LogP contribution in [-0.4, -0.2) is 51.0 Å². The number of hydrogen-bond acceptors (Lipinski definition) is 3. The highest BCUT2D eigenvalue weighted by Gasteiger charge is 2.27. The molecule has 0 aromatic rings. The fourth-order valence-electron chi connectivity index (χ4n) is 1.28. The normalized spacial score (nSPS) is 11.7. The van der Waals surface area contributed by atoms with E-state index >= 15 is 0 Å². The highest BCUT2D eigenvalue weighted by atomic mass is 79.9. The van der Waals surface area contributed by atoms with E-state index in [9.17, 15) is 4.57 Å².